The first-order valence-corrected chi connectivity index (χ1v) is 9.99. The molecule has 2 aromatic rings. The number of carbonyl (C=O) groups excluding carboxylic acids is 1. The predicted molar refractivity (Wildman–Crippen MR) is 115 cm³/mol. The van der Waals surface area contributed by atoms with Crippen LogP contribution >= 0.6 is 0 Å². The third-order valence-electron chi connectivity index (χ3n) is 5.40. The second-order valence-corrected chi connectivity index (χ2v) is 7.91. The van der Waals surface area contributed by atoms with E-state index in [1.807, 2.05) is 44.2 Å². The number of Topliss-reactive ketones (excluding diaryl/α,β-unsaturated/α-hetero) is 1. The lowest BCUT2D eigenvalue weighted by Gasteiger charge is -2.30. The summed E-state index contributed by atoms with van der Waals surface area (Å²) in [6, 6.07) is 7.20. The minimum absolute atomic E-state index is 0.116. The molecule has 0 spiro atoms. The van der Waals surface area contributed by atoms with E-state index in [0.717, 1.165) is 5.56 Å². The first-order chi connectivity index (χ1) is 14.9. The fourth-order valence-electron chi connectivity index (χ4n) is 3.79. The normalized spacial score (nSPS) is 16.3. The smallest absolute Gasteiger partial charge is 0.231 e. The van der Waals surface area contributed by atoms with Crippen molar-refractivity contribution in [2.75, 3.05) is 28.1 Å². The SMILES string of the molecule is COc1cc(C(=O)C[C@@H](OC)c2ccc3c(c2)OCO3)c(OC)c2c1OC(C)(C)C=C2. The van der Waals surface area contributed by atoms with Crippen molar-refractivity contribution in [2.45, 2.75) is 32.0 Å². The molecule has 0 fully saturated rings. The number of rotatable bonds is 7. The highest BCUT2D eigenvalue weighted by atomic mass is 16.7. The summed E-state index contributed by atoms with van der Waals surface area (Å²) >= 11 is 0. The molecular weight excluding hydrogens is 400 g/mol. The maximum atomic E-state index is 13.3. The van der Waals surface area contributed by atoms with Gasteiger partial charge in [-0.15, -0.1) is 0 Å². The van der Waals surface area contributed by atoms with E-state index in [0.29, 0.717) is 39.9 Å². The quantitative estimate of drug-likeness (QED) is 0.600. The Kier molecular flexibility index (Phi) is 5.54. The number of carbonyl (C=O) groups is 1. The van der Waals surface area contributed by atoms with Crippen LogP contribution in [0.15, 0.2) is 30.3 Å². The average molecular weight is 426 g/mol. The van der Waals surface area contributed by atoms with Gasteiger partial charge in [0.25, 0.3) is 0 Å². The van der Waals surface area contributed by atoms with Gasteiger partial charge in [0.2, 0.25) is 6.79 Å². The third-order valence-corrected chi connectivity index (χ3v) is 5.40. The zero-order chi connectivity index (χ0) is 22.2. The van der Waals surface area contributed by atoms with Crippen molar-refractivity contribution >= 4 is 11.9 Å². The van der Waals surface area contributed by atoms with Crippen LogP contribution in [0.2, 0.25) is 0 Å². The van der Waals surface area contributed by atoms with Gasteiger partial charge in [-0.05, 0) is 49.8 Å². The van der Waals surface area contributed by atoms with Gasteiger partial charge < -0.3 is 28.4 Å². The molecule has 7 heteroatoms. The summed E-state index contributed by atoms with van der Waals surface area (Å²) in [7, 11) is 4.67. The molecule has 2 aromatic carbocycles. The molecule has 2 aliphatic heterocycles. The molecule has 0 saturated heterocycles. The van der Waals surface area contributed by atoms with Gasteiger partial charge in [0.1, 0.15) is 11.4 Å². The van der Waals surface area contributed by atoms with Crippen molar-refractivity contribution in [3.63, 3.8) is 0 Å². The van der Waals surface area contributed by atoms with Gasteiger partial charge in [-0.25, -0.2) is 0 Å². The van der Waals surface area contributed by atoms with Crippen LogP contribution in [0.4, 0.5) is 0 Å². The van der Waals surface area contributed by atoms with Crippen molar-refractivity contribution in [2.24, 2.45) is 0 Å². The highest BCUT2D eigenvalue weighted by Crippen LogP contribution is 2.46. The maximum absolute atomic E-state index is 13.3. The van der Waals surface area contributed by atoms with Crippen LogP contribution in [-0.2, 0) is 4.74 Å². The Hall–Kier alpha value is -3.19. The predicted octanol–water partition coefficient (Wildman–Crippen LogP) is 4.58. The minimum Gasteiger partial charge on any atom is -0.495 e. The van der Waals surface area contributed by atoms with Gasteiger partial charge >= 0.3 is 0 Å². The highest BCUT2D eigenvalue weighted by molar-refractivity contribution is 6.01. The zero-order valence-electron chi connectivity index (χ0n) is 18.3. The second-order valence-electron chi connectivity index (χ2n) is 7.91. The van der Waals surface area contributed by atoms with Crippen LogP contribution in [0.25, 0.3) is 6.08 Å². The van der Waals surface area contributed by atoms with Crippen LogP contribution in [-0.4, -0.2) is 39.5 Å². The lowest BCUT2D eigenvalue weighted by atomic mass is 9.94. The molecule has 31 heavy (non-hydrogen) atoms. The first-order valence-electron chi connectivity index (χ1n) is 9.99. The number of hydrogen-bond donors (Lipinski definition) is 0. The lowest BCUT2D eigenvalue weighted by Crippen LogP contribution is -2.28. The second kappa shape index (κ2) is 8.15. The fraction of sp³-hybridized carbons (Fsp3) is 0.375. The van der Waals surface area contributed by atoms with Gasteiger partial charge in [0.15, 0.2) is 28.8 Å². The van der Waals surface area contributed by atoms with E-state index in [9.17, 15) is 4.79 Å². The molecule has 2 heterocycles. The standard InChI is InChI=1S/C24H26O7/c1-24(2)9-8-15-22(28-5)16(11-21(27-4)23(15)31-24)17(25)12-19(26-3)14-6-7-18-20(10-14)30-13-29-18/h6-11,19H,12-13H2,1-5H3/t19-/m1/s1. The Balaban J connectivity index is 1.68. The number of methoxy groups -OCH3 is 3. The number of fused-ring (bicyclic) bond motifs is 2. The molecule has 0 aliphatic carbocycles. The van der Waals surface area contributed by atoms with Crippen molar-refractivity contribution in [3.8, 4) is 28.7 Å². The lowest BCUT2D eigenvalue weighted by molar-refractivity contribution is 0.0726. The molecule has 0 N–H and O–H groups in total. The summed E-state index contributed by atoms with van der Waals surface area (Å²) in [6.07, 6.45) is 3.49. The summed E-state index contributed by atoms with van der Waals surface area (Å²) in [5.74, 6) is 2.68. The molecule has 0 bridgehead atoms. The van der Waals surface area contributed by atoms with Crippen molar-refractivity contribution in [1.82, 2.24) is 0 Å². The molecule has 0 aromatic heterocycles. The summed E-state index contributed by atoms with van der Waals surface area (Å²) < 4.78 is 33.7. The maximum Gasteiger partial charge on any atom is 0.231 e. The van der Waals surface area contributed by atoms with Crippen LogP contribution in [0.1, 0.15) is 47.9 Å². The van der Waals surface area contributed by atoms with Crippen molar-refractivity contribution in [3.05, 3.63) is 47.0 Å². The molecule has 0 amide bonds. The molecule has 164 valence electrons. The van der Waals surface area contributed by atoms with E-state index < -0.39 is 11.7 Å². The Morgan fingerprint density at radius 3 is 2.58 bits per heavy atom. The number of hydrogen-bond acceptors (Lipinski definition) is 7. The van der Waals surface area contributed by atoms with Gasteiger partial charge in [-0.2, -0.15) is 0 Å². The van der Waals surface area contributed by atoms with Crippen molar-refractivity contribution < 1.29 is 33.2 Å². The zero-order valence-corrected chi connectivity index (χ0v) is 18.3. The molecular formula is C24H26O7. The number of benzene rings is 2. The van der Waals surface area contributed by atoms with E-state index in [1.165, 1.54) is 7.11 Å². The monoisotopic (exact) mass is 426 g/mol. The Labute approximate surface area is 181 Å². The Morgan fingerprint density at radius 1 is 1.10 bits per heavy atom. The number of ketones is 1. The van der Waals surface area contributed by atoms with Crippen LogP contribution in [0.3, 0.4) is 0 Å². The van der Waals surface area contributed by atoms with Crippen molar-refractivity contribution in [1.29, 1.82) is 0 Å². The molecule has 7 nitrogen and oxygen atoms in total. The molecule has 4 rings (SSSR count). The minimum atomic E-state index is -0.489. The van der Waals surface area contributed by atoms with Crippen LogP contribution in [0.5, 0.6) is 28.7 Å². The molecule has 1 atom stereocenters. The van der Waals surface area contributed by atoms with Gasteiger partial charge in [0.05, 0.1) is 31.5 Å². The summed E-state index contributed by atoms with van der Waals surface area (Å²) in [5.41, 5.74) is 1.43. The topological polar surface area (TPSA) is 72.5 Å². The highest BCUT2D eigenvalue weighted by Gasteiger charge is 2.31. The first kappa shape index (κ1) is 21.1. The Morgan fingerprint density at radius 2 is 1.87 bits per heavy atom. The van der Waals surface area contributed by atoms with E-state index in [1.54, 1.807) is 20.3 Å². The molecule has 2 aliphatic rings. The molecule has 0 unspecified atom stereocenters. The van der Waals surface area contributed by atoms with Gasteiger partial charge in [-0.1, -0.05) is 6.07 Å². The van der Waals surface area contributed by atoms with Crippen LogP contribution < -0.4 is 23.7 Å². The average Bonchev–Trinajstić information content (AvgIpc) is 3.23. The van der Waals surface area contributed by atoms with E-state index in [2.05, 4.69) is 0 Å². The van der Waals surface area contributed by atoms with Gasteiger partial charge in [-0.3, -0.25) is 4.79 Å². The third kappa shape index (κ3) is 3.93. The van der Waals surface area contributed by atoms with E-state index in [4.69, 9.17) is 28.4 Å². The Bertz CT molecular complexity index is 1040. The van der Waals surface area contributed by atoms with Crippen LogP contribution in [0, 0.1) is 0 Å². The largest absolute Gasteiger partial charge is 0.495 e. The summed E-state index contributed by atoms with van der Waals surface area (Å²) in [4.78, 5) is 13.3. The summed E-state index contributed by atoms with van der Waals surface area (Å²) in [5, 5.41) is 0. The van der Waals surface area contributed by atoms with E-state index in [-0.39, 0.29) is 19.0 Å². The molecule has 0 saturated carbocycles. The molecule has 0 radical (unpaired) electrons. The number of ether oxygens (including phenoxy) is 6. The fourth-order valence-corrected chi connectivity index (χ4v) is 3.79. The van der Waals surface area contributed by atoms with Gasteiger partial charge in [0, 0.05) is 13.5 Å². The van der Waals surface area contributed by atoms with E-state index >= 15 is 0 Å². The summed E-state index contributed by atoms with van der Waals surface area (Å²) in [6.45, 7) is 4.09.